The summed E-state index contributed by atoms with van der Waals surface area (Å²) in [7, 11) is 2.26. The highest BCUT2D eigenvalue weighted by molar-refractivity contribution is 5.00. The normalized spacial score (nSPS) is 37.0. The fraction of sp³-hybridized carbons (Fsp3) is 1.00. The molecule has 118 valence electrons. The maximum absolute atomic E-state index is 9.92. The van der Waals surface area contributed by atoms with Crippen LogP contribution in [0.5, 0.6) is 0 Å². The number of aliphatic hydroxyl groups excluding tert-OH is 1. The van der Waals surface area contributed by atoms with Crippen molar-refractivity contribution >= 4 is 0 Å². The molecular weight excluding hydrogens is 248 g/mol. The van der Waals surface area contributed by atoms with Gasteiger partial charge in [-0.3, -0.25) is 0 Å². The van der Waals surface area contributed by atoms with E-state index in [0.29, 0.717) is 18.6 Å². The molecule has 0 heterocycles. The summed E-state index contributed by atoms with van der Waals surface area (Å²) < 4.78 is 0. The molecule has 2 aliphatic rings. The van der Waals surface area contributed by atoms with Crippen LogP contribution >= 0.6 is 0 Å². The first-order valence-corrected chi connectivity index (χ1v) is 8.54. The van der Waals surface area contributed by atoms with E-state index in [0.717, 1.165) is 18.3 Å². The average molecular weight is 282 g/mol. The lowest BCUT2D eigenvalue weighted by Gasteiger charge is -2.37. The summed E-state index contributed by atoms with van der Waals surface area (Å²) >= 11 is 0. The molecule has 0 aromatic carbocycles. The van der Waals surface area contributed by atoms with E-state index in [2.05, 4.69) is 38.0 Å². The van der Waals surface area contributed by atoms with Crippen molar-refractivity contribution in [2.24, 2.45) is 17.8 Å². The van der Waals surface area contributed by atoms with Crippen LogP contribution in [0.4, 0.5) is 0 Å². The van der Waals surface area contributed by atoms with Crippen LogP contribution in [0, 0.1) is 17.8 Å². The minimum atomic E-state index is -0.0120. The molecule has 0 aromatic rings. The Labute approximate surface area is 125 Å². The molecule has 4 unspecified atom stereocenters. The Morgan fingerprint density at radius 2 is 2.10 bits per heavy atom. The molecule has 2 rings (SSSR count). The third-order valence-electron chi connectivity index (χ3n) is 5.50. The van der Waals surface area contributed by atoms with Gasteiger partial charge in [0.05, 0.1) is 6.61 Å². The summed E-state index contributed by atoms with van der Waals surface area (Å²) in [6.45, 7) is 9.46. The summed E-state index contributed by atoms with van der Waals surface area (Å²) in [5.41, 5.74) is -0.0120. The van der Waals surface area contributed by atoms with E-state index in [-0.39, 0.29) is 5.54 Å². The fourth-order valence-corrected chi connectivity index (χ4v) is 4.10. The second-order valence-corrected chi connectivity index (χ2v) is 7.73. The highest BCUT2D eigenvalue weighted by Crippen LogP contribution is 2.40. The van der Waals surface area contributed by atoms with Crippen LogP contribution in [-0.2, 0) is 0 Å². The van der Waals surface area contributed by atoms with E-state index in [1.54, 1.807) is 0 Å². The molecule has 0 saturated heterocycles. The third kappa shape index (κ3) is 3.96. The van der Waals surface area contributed by atoms with Gasteiger partial charge in [0.2, 0.25) is 0 Å². The standard InChI is InChI=1S/C17H34N2O/c1-13(2)18-17(12-20)8-5-6-16(17)7-9-19(4)11-15-10-14(15)3/h13-16,18,20H,5-12H2,1-4H3. The van der Waals surface area contributed by atoms with Crippen molar-refractivity contribution in [3.8, 4) is 0 Å². The fourth-order valence-electron chi connectivity index (χ4n) is 4.10. The number of hydrogen-bond donors (Lipinski definition) is 2. The Morgan fingerprint density at radius 3 is 2.65 bits per heavy atom. The Hall–Kier alpha value is -0.120. The Morgan fingerprint density at radius 1 is 1.40 bits per heavy atom. The van der Waals surface area contributed by atoms with Crippen LogP contribution < -0.4 is 5.32 Å². The predicted octanol–water partition coefficient (Wildman–Crippen LogP) is 2.49. The van der Waals surface area contributed by atoms with Crippen molar-refractivity contribution < 1.29 is 5.11 Å². The van der Waals surface area contributed by atoms with E-state index in [1.807, 2.05) is 0 Å². The summed E-state index contributed by atoms with van der Waals surface area (Å²) in [5, 5.41) is 13.6. The van der Waals surface area contributed by atoms with Crippen molar-refractivity contribution in [2.75, 3.05) is 26.7 Å². The van der Waals surface area contributed by atoms with Gasteiger partial charge in [-0.2, -0.15) is 0 Å². The molecule has 2 N–H and O–H groups in total. The van der Waals surface area contributed by atoms with E-state index in [1.165, 1.54) is 38.8 Å². The Balaban J connectivity index is 1.80. The molecule has 0 radical (unpaired) electrons. The summed E-state index contributed by atoms with van der Waals surface area (Å²) in [6, 6.07) is 0.452. The largest absolute Gasteiger partial charge is 0.394 e. The van der Waals surface area contributed by atoms with Crippen LogP contribution in [0.3, 0.4) is 0 Å². The van der Waals surface area contributed by atoms with E-state index < -0.39 is 0 Å². The van der Waals surface area contributed by atoms with Crippen molar-refractivity contribution in [1.29, 1.82) is 0 Å². The van der Waals surface area contributed by atoms with E-state index in [9.17, 15) is 5.11 Å². The van der Waals surface area contributed by atoms with Crippen LogP contribution in [0.2, 0.25) is 0 Å². The number of hydrogen-bond acceptors (Lipinski definition) is 3. The molecule has 3 nitrogen and oxygen atoms in total. The van der Waals surface area contributed by atoms with E-state index in [4.69, 9.17) is 0 Å². The average Bonchev–Trinajstić information content (AvgIpc) is 2.92. The maximum Gasteiger partial charge on any atom is 0.0616 e. The molecule has 2 aliphatic carbocycles. The van der Waals surface area contributed by atoms with Gasteiger partial charge < -0.3 is 15.3 Å². The lowest BCUT2D eigenvalue weighted by atomic mass is 9.84. The highest BCUT2D eigenvalue weighted by atomic mass is 16.3. The van der Waals surface area contributed by atoms with Crippen LogP contribution in [0.15, 0.2) is 0 Å². The highest BCUT2D eigenvalue weighted by Gasteiger charge is 2.42. The smallest absolute Gasteiger partial charge is 0.0616 e. The van der Waals surface area contributed by atoms with Gasteiger partial charge in [-0.15, -0.1) is 0 Å². The summed E-state index contributed by atoms with van der Waals surface area (Å²) in [6.07, 6.45) is 6.30. The van der Waals surface area contributed by atoms with Gasteiger partial charge in [-0.25, -0.2) is 0 Å². The number of nitrogens with one attached hydrogen (secondary N) is 1. The molecule has 2 saturated carbocycles. The zero-order chi connectivity index (χ0) is 14.8. The topological polar surface area (TPSA) is 35.5 Å². The second-order valence-electron chi connectivity index (χ2n) is 7.73. The number of nitrogens with zero attached hydrogens (tertiary/aromatic N) is 1. The summed E-state index contributed by atoms with van der Waals surface area (Å²) in [5.74, 6) is 2.53. The molecule has 20 heavy (non-hydrogen) atoms. The maximum atomic E-state index is 9.92. The van der Waals surface area contributed by atoms with Crippen LogP contribution in [-0.4, -0.2) is 48.3 Å². The van der Waals surface area contributed by atoms with Crippen molar-refractivity contribution in [3.63, 3.8) is 0 Å². The number of aliphatic hydroxyl groups is 1. The second kappa shape index (κ2) is 6.76. The first-order valence-electron chi connectivity index (χ1n) is 8.54. The molecule has 0 bridgehead atoms. The molecule has 0 aliphatic heterocycles. The Kier molecular flexibility index (Phi) is 5.49. The van der Waals surface area contributed by atoms with Gasteiger partial charge in [0.1, 0.15) is 0 Å². The SMILES string of the molecule is CC(C)NC1(CO)CCCC1CCN(C)CC1CC1C. The van der Waals surface area contributed by atoms with Crippen LogP contribution in [0.25, 0.3) is 0 Å². The monoisotopic (exact) mass is 282 g/mol. The molecule has 3 heteroatoms. The Bertz CT molecular complexity index is 307. The zero-order valence-corrected chi connectivity index (χ0v) is 13.9. The molecule has 4 atom stereocenters. The molecule has 2 fully saturated rings. The van der Waals surface area contributed by atoms with Crippen LogP contribution in [0.1, 0.15) is 52.9 Å². The van der Waals surface area contributed by atoms with Gasteiger partial charge in [-0.05, 0) is 57.0 Å². The quantitative estimate of drug-likeness (QED) is 0.718. The molecule has 0 aromatic heterocycles. The summed E-state index contributed by atoms with van der Waals surface area (Å²) in [4.78, 5) is 2.50. The number of rotatable bonds is 8. The predicted molar refractivity (Wildman–Crippen MR) is 84.8 cm³/mol. The third-order valence-corrected chi connectivity index (χ3v) is 5.50. The van der Waals surface area contributed by atoms with Crippen molar-refractivity contribution in [3.05, 3.63) is 0 Å². The van der Waals surface area contributed by atoms with Gasteiger partial charge in [0.25, 0.3) is 0 Å². The van der Waals surface area contributed by atoms with E-state index >= 15 is 0 Å². The first-order chi connectivity index (χ1) is 9.47. The van der Waals surface area contributed by atoms with Crippen molar-refractivity contribution in [2.45, 2.75) is 64.5 Å². The van der Waals surface area contributed by atoms with Gasteiger partial charge >= 0.3 is 0 Å². The zero-order valence-electron chi connectivity index (χ0n) is 13.9. The molecular formula is C17H34N2O. The van der Waals surface area contributed by atoms with Gasteiger partial charge in [0.15, 0.2) is 0 Å². The van der Waals surface area contributed by atoms with Crippen molar-refractivity contribution in [1.82, 2.24) is 10.2 Å². The minimum absolute atomic E-state index is 0.0120. The molecule has 0 amide bonds. The van der Waals surface area contributed by atoms with Gasteiger partial charge in [-0.1, -0.05) is 27.2 Å². The lowest BCUT2D eigenvalue weighted by molar-refractivity contribution is 0.105. The first kappa shape index (κ1) is 16.3. The van der Waals surface area contributed by atoms with Gasteiger partial charge in [0, 0.05) is 18.1 Å². The lowest BCUT2D eigenvalue weighted by Crippen LogP contribution is -2.54. The minimum Gasteiger partial charge on any atom is -0.394 e. The molecule has 0 spiro atoms.